The number of nitrogens with zero attached hydrogens (tertiary/aromatic N) is 2. The van der Waals surface area contributed by atoms with Crippen LogP contribution in [0.1, 0.15) is 11.3 Å². The largest absolute Gasteiger partial charge is 0.319 e. The van der Waals surface area contributed by atoms with Crippen molar-refractivity contribution in [2.45, 2.75) is 6.42 Å². The van der Waals surface area contributed by atoms with Crippen LogP contribution in [-0.2, 0) is 6.42 Å². The summed E-state index contributed by atoms with van der Waals surface area (Å²) >= 11 is 0. The minimum Gasteiger partial charge on any atom is -0.319 e. The summed E-state index contributed by atoms with van der Waals surface area (Å²) in [5, 5.41) is 11.6. The van der Waals surface area contributed by atoms with E-state index >= 15 is 0 Å². The van der Waals surface area contributed by atoms with E-state index in [1.807, 2.05) is 25.2 Å². The Hall–Kier alpha value is -1.40. The first-order chi connectivity index (χ1) is 5.86. The van der Waals surface area contributed by atoms with Crippen molar-refractivity contribution in [1.82, 2.24) is 10.3 Å². The molecule has 0 amide bonds. The van der Waals surface area contributed by atoms with Gasteiger partial charge in [0.1, 0.15) is 11.8 Å². The Morgan fingerprint density at radius 2 is 2.50 bits per heavy atom. The summed E-state index contributed by atoms with van der Waals surface area (Å²) in [6.07, 6.45) is 2.61. The molecule has 1 rings (SSSR count). The van der Waals surface area contributed by atoms with Crippen LogP contribution in [-0.4, -0.2) is 18.6 Å². The zero-order chi connectivity index (χ0) is 8.81. The number of pyridine rings is 1. The third kappa shape index (κ3) is 2.33. The molecule has 0 spiro atoms. The maximum Gasteiger partial charge on any atom is 0.140 e. The Morgan fingerprint density at radius 3 is 3.17 bits per heavy atom. The molecular weight excluding hydrogens is 150 g/mol. The molecule has 0 aliphatic rings. The summed E-state index contributed by atoms with van der Waals surface area (Å²) in [5.74, 6) is 0. The van der Waals surface area contributed by atoms with Crippen LogP contribution in [0.25, 0.3) is 0 Å². The Balaban J connectivity index is 2.68. The molecule has 1 aromatic heterocycles. The Labute approximate surface area is 72.1 Å². The van der Waals surface area contributed by atoms with Crippen molar-refractivity contribution in [3.05, 3.63) is 29.6 Å². The third-order valence-corrected chi connectivity index (χ3v) is 1.60. The second-order valence-corrected chi connectivity index (χ2v) is 2.51. The van der Waals surface area contributed by atoms with E-state index in [1.165, 1.54) is 0 Å². The summed E-state index contributed by atoms with van der Waals surface area (Å²) in [6.45, 7) is 0.925. The van der Waals surface area contributed by atoms with Crippen LogP contribution in [0.4, 0.5) is 0 Å². The molecule has 1 N–H and O–H groups in total. The fraction of sp³-hybridized carbons (Fsp3) is 0.333. The standard InChI is InChI=1S/C9H11N3/c1-11-4-2-8-3-5-12-9(6-8)7-10/h3,5-6,11H,2,4H2,1H3. The Morgan fingerprint density at radius 1 is 1.67 bits per heavy atom. The summed E-state index contributed by atoms with van der Waals surface area (Å²) in [6, 6.07) is 5.76. The highest BCUT2D eigenvalue weighted by atomic mass is 14.8. The summed E-state index contributed by atoms with van der Waals surface area (Å²) in [7, 11) is 1.91. The van der Waals surface area contributed by atoms with Crippen molar-refractivity contribution in [2.24, 2.45) is 0 Å². The van der Waals surface area contributed by atoms with E-state index in [0.717, 1.165) is 18.5 Å². The molecule has 0 fully saturated rings. The molecule has 0 atom stereocenters. The van der Waals surface area contributed by atoms with Crippen molar-refractivity contribution >= 4 is 0 Å². The highest BCUT2D eigenvalue weighted by molar-refractivity contribution is 5.25. The number of nitrogens with one attached hydrogen (secondary N) is 1. The highest BCUT2D eigenvalue weighted by Gasteiger charge is 1.94. The van der Waals surface area contributed by atoms with Gasteiger partial charge in [-0.1, -0.05) is 0 Å². The number of aromatic nitrogens is 1. The van der Waals surface area contributed by atoms with Gasteiger partial charge in [-0.15, -0.1) is 0 Å². The molecule has 1 aromatic rings. The van der Waals surface area contributed by atoms with Crippen LogP contribution in [0, 0.1) is 11.3 Å². The molecule has 0 saturated carbocycles. The lowest BCUT2D eigenvalue weighted by molar-refractivity contribution is 0.790. The van der Waals surface area contributed by atoms with Crippen molar-refractivity contribution in [2.75, 3.05) is 13.6 Å². The zero-order valence-electron chi connectivity index (χ0n) is 7.04. The average Bonchev–Trinajstić information content (AvgIpc) is 2.15. The van der Waals surface area contributed by atoms with Crippen LogP contribution in [0.2, 0.25) is 0 Å². The monoisotopic (exact) mass is 161 g/mol. The first-order valence-corrected chi connectivity index (χ1v) is 3.86. The highest BCUT2D eigenvalue weighted by Crippen LogP contribution is 2.00. The molecule has 3 heteroatoms. The van der Waals surface area contributed by atoms with Gasteiger partial charge in [-0.3, -0.25) is 0 Å². The number of rotatable bonds is 3. The zero-order valence-corrected chi connectivity index (χ0v) is 7.04. The first kappa shape index (κ1) is 8.69. The van der Waals surface area contributed by atoms with E-state index in [4.69, 9.17) is 5.26 Å². The second-order valence-electron chi connectivity index (χ2n) is 2.51. The molecule has 0 radical (unpaired) electrons. The van der Waals surface area contributed by atoms with Crippen molar-refractivity contribution in [3.63, 3.8) is 0 Å². The minimum atomic E-state index is 0.489. The van der Waals surface area contributed by atoms with Gasteiger partial charge in [0.15, 0.2) is 0 Å². The van der Waals surface area contributed by atoms with Gasteiger partial charge in [-0.05, 0) is 37.7 Å². The molecule has 1 heterocycles. The van der Waals surface area contributed by atoms with E-state index in [0.29, 0.717) is 5.69 Å². The van der Waals surface area contributed by atoms with Gasteiger partial charge in [0, 0.05) is 6.20 Å². The Kier molecular flexibility index (Phi) is 3.24. The average molecular weight is 161 g/mol. The van der Waals surface area contributed by atoms with E-state index in [9.17, 15) is 0 Å². The number of hydrogen-bond donors (Lipinski definition) is 1. The van der Waals surface area contributed by atoms with Crippen molar-refractivity contribution in [3.8, 4) is 6.07 Å². The van der Waals surface area contributed by atoms with E-state index in [2.05, 4.69) is 10.3 Å². The molecule has 0 unspecified atom stereocenters. The van der Waals surface area contributed by atoms with Gasteiger partial charge >= 0.3 is 0 Å². The molecule has 3 nitrogen and oxygen atoms in total. The lowest BCUT2D eigenvalue weighted by atomic mass is 10.2. The number of likely N-dealkylation sites (N-methyl/N-ethyl adjacent to an activating group) is 1. The van der Waals surface area contributed by atoms with Crippen LogP contribution in [0.5, 0.6) is 0 Å². The van der Waals surface area contributed by atoms with Crippen LogP contribution < -0.4 is 5.32 Å². The predicted molar refractivity (Wildman–Crippen MR) is 46.6 cm³/mol. The van der Waals surface area contributed by atoms with Gasteiger partial charge in [-0.25, -0.2) is 4.98 Å². The predicted octanol–water partition coefficient (Wildman–Crippen LogP) is 0.715. The summed E-state index contributed by atoms with van der Waals surface area (Å²) < 4.78 is 0. The molecule has 12 heavy (non-hydrogen) atoms. The van der Waals surface area contributed by atoms with E-state index < -0.39 is 0 Å². The van der Waals surface area contributed by atoms with Gasteiger partial charge in [0.2, 0.25) is 0 Å². The summed E-state index contributed by atoms with van der Waals surface area (Å²) in [4.78, 5) is 3.88. The lowest BCUT2D eigenvalue weighted by Crippen LogP contribution is -2.10. The Bertz CT molecular complexity index is 288. The normalized spacial score (nSPS) is 9.33. The maximum atomic E-state index is 8.56. The van der Waals surface area contributed by atoms with Gasteiger partial charge in [0.25, 0.3) is 0 Å². The van der Waals surface area contributed by atoms with Crippen LogP contribution in [0.3, 0.4) is 0 Å². The first-order valence-electron chi connectivity index (χ1n) is 3.86. The number of hydrogen-bond acceptors (Lipinski definition) is 3. The van der Waals surface area contributed by atoms with E-state index in [1.54, 1.807) is 6.20 Å². The molecule has 0 aliphatic heterocycles. The molecule has 0 aromatic carbocycles. The minimum absolute atomic E-state index is 0.489. The van der Waals surface area contributed by atoms with Crippen LogP contribution >= 0.6 is 0 Å². The fourth-order valence-corrected chi connectivity index (χ4v) is 0.960. The van der Waals surface area contributed by atoms with Gasteiger partial charge in [0.05, 0.1) is 0 Å². The van der Waals surface area contributed by atoms with Gasteiger partial charge in [-0.2, -0.15) is 5.26 Å². The maximum absolute atomic E-state index is 8.56. The molecule has 0 bridgehead atoms. The van der Waals surface area contributed by atoms with Crippen molar-refractivity contribution < 1.29 is 0 Å². The smallest absolute Gasteiger partial charge is 0.140 e. The van der Waals surface area contributed by atoms with E-state index in [-0.39, 0.29) is 0 Å². The third-order valence-electron chi connectivity index (χ3n) is 1.60. The summed E-state index contributed by atoms with van der Waals surface area (Å²) in [5.41, 5.74) is 1.64. The molecule has 62 valence electrons. The molecule has 0 aliphatic carbocycles. The lowest BCUT2D eigenvalue weighted by Gasteiger charge is -1.99. The fourth-order valence-electron chi connectivity index (χ4n) is 0.960. The molecular formula is C9H11N3. The van der Waals surface area contributed by atoms with Gasteiger partial charge < -0.3 is 5.32 Å². The second kappa shape index (κ2) is 4.47. The molecule has 0 saturated heterocycles. The van der Waals surface area contributed by atoms with Crippen LogP contribution in [0.15, 0.2) is 18.3 Å². The quantitative estimate of drug-likeness (QED) is 0.710. The number of nitriles is 1. The SMILES string of the molecule is CNCCc1ccnc(C#N)c1. The van der Waals surface area contributed by atoms with Crippen molar-refractivity contribution in [1.29, 1.82) is 5.26 Å². The topological polar surface area (TPSA) is 48.7 Å².